The predicted molar refractivity (Wildman–Crippen MR) is 97.3 cm³/mol. The first-order valence-corrected chi connectivity index (χ1v) is 8.54. The monoisotopic (exact) mass is 394 g/mol. The smallest absolute Gasteiger partial charge is 0.227 e. The van der Waals surface area contributed by atoms with E-state index in [0.29, 0.717) is 22.8 Å². The van der Waals surface area contributed by atoms with Crippen LogP contribution >= 0.6 is 15.9 Å². The summed E-state index contributed by atoms with van der Waals surface area (Å²) in [4.78, 5) is 19.1. The van der Waals surface area contributed by atoms with Crippen molar-refractivity contribution in [3.8, 4) is 0 Å². The summed E-state index contributed by atoms with van der Waals surface area (Å²) in [5.74, 6) is 1.63. The van der Waals surface area contributed by atoms with Crippen LogP contribution in [0.25, 0.3) is 0 Å². The Hall–Kier alpha value is -1.96. The van der Waals surface area contributed by atoms with Gasteiger partial charge in [-0.25, -0.2) is 14.4 Å². The second-order valence-corrected chi connectivity index (χ2v) is 6.98. The van der Waals surface area contributed by atoms with Crippen LogP contribution < -0.4 is 14.7 Å². The fourth-order valence-corrected chi connectivity index (χ4v) is 3.12. The van der Waals surface area contributed by atoms with Crippen molar-refractivity contribution < 1.29 is 4.39 Å². The summed E-state index contributed by atoms with van der Waals surface area (Å²) in [5.41, 5.74) is 0. The van der Waals surface area contributed by atoms with Crippen molar-refractivity contribution in [3.05, 3.63) is 34.8 Å². The molecule has 0 bridgehead atoms. The topological polar surface area (TPSA) is 48.4 Å². The molecular weight excluding hydrogens is 375 g/mol. The van der Waals surface area contributed by atoms with Crippen LogP contribution in [-0.2, 0) is 0 Å². The highest BCUT2D eigenvalue weighted by atomic mass is 79.9. The molecule has 0 radical (unpaired) electrons. The van der Waals surface area contributed by atoms with Crippen LogP contribution in [0.15, 0.2) is 29.0 Å². The maximum absolute atomic E-state index is 14.1. The molecule has 1 aliphatic rings. The van der Waals surface area contributed by atoms with E-state index in [1.165, 1.54) is 6.07 Å². The number of hydrogen-bond donors (Lipinski definition) is 0. The van der Waals surface area contributed by atoms with E-state index < -0.39 is 0 Å². The van der Waals surface area contributed by atoms with E-state index in [-0.39, 0.29) is 11.9 Å². The number of pyridine rings is 1. The van der Waals surface area contributed by atoms with Gasteiger partial charge < -0.3 is 14.7 Å². The molecule has 1 fully saturated rings. The SMILES string of the molecule is CN(C)c1ccnc(N(C)C2CCN(c3ncc(Br)cc3F)C2)n1. The minimum atomic E-state index is -0.307. The van der Waals surface area contributed by atoms with Gasteiger partial charge in [0.15, 0.2) is 11.6 Å². The van der Waals surface area contributed by atoms with Gasteiger partial charge in [-0.15, -0.1) is 0 Å². The average Bonchev–Trinajstić information content (AvgIpc) is 3.04. The standard InChI is InChI=1S/C16H20BrFN6/c1-22(2)14-4-6-19-16(21-14)23(3)12-5-7-24(10-12)15-13(18)8-11(17)9-20-15/h4,6,8-9,12H,5,7,10H2,1-3H3. The molecule has 24 heavy (non-hydrogen) atoms. The van der Waals surface area contributed by atoms with Crippen LogP contribution in [0.4, 0.5) is 22.0 Å². The lowest BCUT2D eigenvalue weighted by molar-refractivity contribution is 0.613. The molecule has 1 unspecified atom stereocenters. The minimum Gasteiger partial charge on any atom is -0.363 e. The van der Waals surface area contributed by atoms with Crippen molar-refractivity contribution in [2.75, 3.05) is 48.9 Å². The first kappa shape index (κ1) is 16.9. The van der Waals surface area contributed by atoms with E-state index in [1.54, 1.807) is 12.4 Å². The zero-order chi connectivity index (χ0) is 17.3. The number of nitrogens with zero attached hydrogens (tertiary/aromatic N) is 6. The lowest BCUT2D eigenvalue weighted by Crippen LogP contribution is -2.36. The molecule has 2 aromatic rings. The highest BCUT2D eigenvalue weighted by Gasteiger charge is 2.29. The van der Waals surface area contributed by atoms with Crippen molar-refractivity contribution in [2.24, 2.45) is 0 Å². The Balaban J connectivity index is 1.74. The predicted octanol–water partition coefficient (Wildman–Crippen LogP) is 2.55. The third-order valence-corrected chi connectivity index (χ3v) is 4.63. The molecule has 3 rings (SSSR count). The molecule has 0 amide bonds. The maximum atomic E-state index is 14.1. The van der Waals surface area contributed by atoms with Crippen molar-refractivity contribution >= 4 is 33.5 Å². The summed E-state index contributed by atoms with van der Waals surface area (Å²) in [6, 6.07) is 3.54. The largest absolute Gasteiger partial charge is 0.363 e. The van der Waals surface area contributed by atoms with Gasteiger partial charge in [-0.1, -0.05) is 0 Å². The van der Waals surface area contributed by atoms with Crippen LogP contribution in [0.2, 0.25) is 0 Å². The Morgan fingerprint density at radius 1 is 1.29 bits per heavy atom. The molecule has 1 atom stereocenters. The molecule has 8 heteroatoms. The summed E-state index contributed by atoms with van der Waals surface area (Å²) in [6.07, 6.45) is 4.29. The molecule has 0 saturated carbocycles. The van der Waals surface area contributed by atoms with Crippen LogP contribution in [0.3, 0.4) is 0 Å². The first-order chi connectivity index (χ1) is 11.5. The van der Waals surface area contributed by atoms with Crippen molar-refractivity contribution in [3.63, 3.8) is 0 Å². The number of hydrogen-bond acceptors (Lipinski definition) is 6. The van der Waals surface area contributed by atoms with E-state index in [0.717, 1.165) is 18.8 Å². The van der Waals surface area contributed by atoms with Crippen LogP contribution in [-0.4, -0.2) is 55.2 Å². The number of aromatic nitrogens is 3. The van der Waals surface area contributed by atoms with Gasteiger partial charge in [0.05, 0.1) is 6.04 Å². The number of likely N-dealkylation sites (N-methyl/N-ethyl adjacent to an activating group) is 1. The summed E-state index contributed by atoms with van der Waals surface area (Å²) in [6.45, 7) is 1.45. The average molecular weight is 395 g/mol. The zero-order valence-corrected chi connectivity index (χ0v) is 15.5. The third kappa shape index (κ3) is 3.43. The zero-order valence-electron chi connectivity index (χ0n) is 13.9. The molecule has 0 aromatic carbocycles. The Bertz CT molecular complexity index is 725. The lowest BCUT2D eigenvalue weighted by Gasteiger charge is -2.26. The van der Waals surface area contributed by atoms with Gasteiger partial charge in [0.2, 0.25) is 5.95 Å². The fourth-order valence-electron chi connectivity index (χ4n) is 2.81. The summed E-state index contributed by atoms with van der Waals surface area (Å²) >= 11 is 3.24. The summed E-state index contributed by atoms with van der Waals surface area (Å²) < 4.78 is 14.8. The van der Waals surface area contributed by atoms with Crippen molar-refractivity contribution in [1.29, 1.82) is 0 Å². The molecule has 0 spiro atoms. The highest BCUT2D eigenvalue weighted by Crippen LogP contribution is 2.26. The molecular formula is C16H20BrFN6. The first-order valence-electron chi connectivity index (χ1n) is 7.75. The molecule has 128 valence electrons. The Kier molecular flexibility index (Phi) is 4.84. The molecule has 0 N–H and O–H groups in total. The van der Waals surface area contributed by atoms with Crippen molar-refractivity contribution in [1.82, 2.24) is 15.0 Å². The molecule has 6 nitrogen and oxygen atoms in total. The number of anilines is 3. The fraction of sp³-hybridized carbons (Fsp3) is 0.438. The summed E-state index contributed by atoms with van der Waals surface area (Å²) in [5, 5.41) is 0. The molecule has 3 heterocycles. The van der Waals surface area contributed by atoms with Crippen LogP contribution in [0, 0.1) is 5.82 Å². The second kappa shape index (κ2) is 6.88. The maximum Gasteiger partial charge on any atom is 0.227 e. The summed E-state index contributed by atoms with van der Waals surface area (Å²) in [7, 11) is 5.88. The van der Waals surface area contributed by atoms with Gasteiger partial charge in [-0.05, 0) is 34.5 Å². The van der Waals surface area contributed by atoms with E-state index in [9.17, 15) is 4.39 Å². The van der Waals surface area contributed by atoms with Gasteiger partial charge in [0.1, 0.15) is 5.82 Å². The van der Waals surface area contributed by atoms with Crippen LogP contribution in [0.5, 0.6) is 0 Å². The van der Waals surface area contributed by atoms with E-state index in [2.05, 4.69) is 35.8 Å². The molecule has 1 aliphatic heterocycles. The van der Waals surface area contributed by atoms with Gasteiger partial charge in [0, 0.05) is 51.1 Å². The molecule has 0 aliphatic carbocycles. The van der Waals surface area contributed by atoms with E-state index >= 15 is 0 Å². The van der Waals surface area contributed by atoms with Crippen LogP contribution in [0.1, 0.15) is 6.42 Å². The Morgan fingerprint density at radius 3 is 2.79 bits per heavy atom. The van der Waals surface area contributed by atoms with Gasteiger partial charge in [-0.2, -0.15) is 4.98 Å². The van der Waals surface area contributed by atoms with E-state index in [1.807, 2.05) is 37.0 Å². The van der Waals surface area contributed by atoms with E-state index in [4.69, 9.17) is 0 Å². The molecule has 1 saturated heterocycles. The highest BCUT2D eigenvalue weighted by molar-refractivity contribution is 9.10. The molecule has 2 aromatic heterocycles. The quantitative estimate of drug-likeness (QED) is 0.793. The van der Waals surface area contributed by atoms with Crippen molar-refractivity contribution in [2.45, 2.75) is 12.5 Å². The Labute approximate surface area is 149 Å². The lowest BCUT2D eigenvalue weighted by atomic mass is 10.2. The second-order valence-electron chi connectivity index (χ2n) is 6.07. The minimum absolute atomic E-state index is 0.215. The third-order valence-electron chi connectivity index (χ3n) is 4.20. The Morgan fingerprint density at radius 2 is 2.08 bits per heavy atom. The number of halogens is 2. The normalized spacial score (nSPS) is 17.2. The number of rotatable bonds is 4. The van der Waals surface area contributed by atoms with Gasteiger partial charge in [0.25, 0.3) is 0 Å². The van der Waals surface area contributed by atoms with Gasteiger partial charge in [-0.3, -0.25) is 0 Å². The van der Waals surface area contributed by atoms with Gasteiger partial charge >= 0.3 is 0 Å².